The van der Waals surface area contributed by atoms with Gasteiger partial charge >= 0.3 is 0 Å². The first-order valence-electron chi connectivity index (χ1n) is 8.91. The first-order chi connectivity index (χ1) is 11.9. The van der Waals surface area contributed by atoms with Gasteiger partial charge in [0.2, 0.25) is 5.91 Å². The minimum atomic E-state index is -3.78. The topological polar surface area (TPSA) is 75.3 Å². The number of carbonyl (C=O) groups excluding carboxylic acids is 1. The quantitative estimate of drug-likeness (QED) is 0.836. The second kappa shape index (κ2) is 7.25. The largest absolute Gasteiger partial charge is 0.350 e. The van der Waals surface area contributed by atoms with Crippen LogP contribution in [0.15, 0.2) is 29.2 Å². The van der Waals surface area contributed by atoms with Gasteiger partial charge in [0.15, 0.2) is 14.6 Å². The van der Waals surface area contributed by atoms with Crippen LogP contribution in [0.5, 0.6) is 0 Å². The summed E-state index contributed by atoms with van der Waals surface area (Å²) in [5, 5.41) is 6.85. The molecule has 2 aliphatic rings. The maximum atomic E-state index is 13.3. The van der Waals surface area contributed by atoms with Crippen LogP contribution in [-0.4, -0.2) is 37.7 Å². The molecule has 25 heavy (non-hydrogen) atoms. The third kappa shape index (κ3) is 3.44. The lowest BCUT2D eigenvalue weighted by molar-refractivity contribution is -0.124. The molecule has 0 aromatic heterocycles. The second-order valence-electron chi connectivity index (χ2n) is 7.12. The van der Waals surface area contributed by atoms with Crippen molar-refractivity contribution in [3.05, 3.63) is 29.3 Å². The Morgan fingerprint density at radius 1 is 1.20 bits per heavy atom. The molecule has 2 atom stereocenters. The summed E-state index contributed by atoms with van der Waals surface area (Å²) in [4.78, 5) is 13.3. The number of halogens is 1. The van der Waals surface area contributed by atoms with Crippen LogP contribution in [0.1, 0.15) is 45.4 Å². The number of benzene rings is 1. The van der Waals surface area contributed by atoms with Gasteiger partial charge in [-0.15, -0.1) is 0 Å². The van der Waals surface area contributed by atoms with Crippen molar-refractivity contribution in [1.82, 2.24) is 10.6 Å². The Labute approximate surface area is 154 Å². The molecule has 3 rings (SSSR count). The lowest BCUT2D eigenvalue weighted by Crippen LogP contribution is -2.58. The number of hydrogen-bond acceptors (Lipinski definition) is 4. The molecule has 1 aliphatic heterocycles. The molecule has 7 heteroatoms. The fourth-order valence-corrected chi connectivity index (χ4v) is 6.15. The Hall–Kier alpha value is -1.11. The zero-order valence-electron chi connectivity index (χ0n) is 14.4. The Morgan fingerprint density at radius 3 is 2.44 bits per heavy atom. The molecule has 0 radical (unpaired) electrons. The highest BCUT2D eigenvalue weighted by molar-refractivity contribution is 7.93. The fraction of sp³-hybridized carbons (Fsp3) is 0.611. The van der Waals surface area contributed by atoms with Crippen molar-refractivity contribution in [2.45, 2.75) is 67.2 Å². The summed E-state index contributed by atoms with van der Waals surface area (Å²) in [5.41, 5.74) is 0. The minimum Gasteiger partial charge on any atom is -0.350 e. The molecule has 1 heterocycles. The van der Waals surface area contributed by atoms with E-state index in [1.54, 1.807) is 12.1 Å². The van der Waals surface area contributed by atoms with Gasteiger partial charge in [0.1, 0.15) is 0 Å². The van der Waals surface area contributed by atoms with Gasteiger partial charge < -0.3 is 10.6 Å². The third-order valence-corrected chi connectivity index (χ3v) is 8.31. The van der Waals surface area contributed by atoms with Gasteiger partial charge in [0, 0.05) is 17.1 Å². The van der Waals surface area contributed by atoms with Crippen molar-refractivity contribution in [2.75, 3.05) is 6.54 Å². The fourth-order valence-electron chi connectivity index (χ4n) is 3.94. The molecular weight excluding hydrogens is 360 g/mol. The molecule has 1 aromatic rings. The molecule has 1 saturated carbocycles. The van der Waals surface area contributed by atoms with Gasteiger partial charge in [-0.3, -0.25) is 4.79 Å². The molecule has 1 aromatic carbocycles. The molecule has 2 unspecified atom stereocenters. The highest BCUT2D eigenvalue weighted by atomic mass is 35.5. The standard InChI is InChI=1S/C18H25ClN2O3S/c1-13-16(5-4-12-20-13)21-17(22)18(10-2-3-11-18)25(23,24)15-8-6-14(19)7-9-15/h6-9,13,16,20H,2-5,10-12H2,1H3,(H,21,22). The van der Waals surface area contributed by atoms with E-state index in [2.05, 4.69) is 10.6 Å². The number of rotatable bonds is 4. The van der Waals surface area contributed by atoms with E-state index in [1.165, 1.54) is 12.1 Å². The van der Waals surface area contributed by atoms with Crippen LogP contribution >= 0.6 is 11.6 Å². The van der Waals surface area contributed by atoms with Gasteiger partial charge in [0.05, 0.1) is 4.90 Å². The SMILES string of the molecule is CC1NCCCC1NC(=O)C1(S(=O)(=O)c2ccc(Cl)cc2)CCCC1. The van der Waals surface area contributed by atoms with E-state index >= 15 is 0 Å². The molecule has 5 nitrogen and oxygen atoms in total. The summed E-state index contributed by atoms with van der Waals surface area (Å²) in [7, 11) is -3.78. The highest BCUT2D eigenvalue weighted by Gasteiger charge is 2.53. The number of nitrogens with one attached hydrogen (secondary N) is 2. The maximum Gasteiger partial charge on any atom is 0.242 e. The first-order valence-corrected chi connectivity index (χ1v) is 10.8. The molecular formula is C18H25ClN2O3S. The summed E-state index contributed by atoms with van der Waals surface area (Å²) >= 11 is 5.88. The van der Waals surface area contributed by atoms with E-state index < -0.39 is 14.6 Å². The molecule has 1 amide bonds. The van der Waals surface area contributed by atoms with Crippen molar-refractivity contribution in [2.24, 2.45) is 0 Å². The van der Waals surface area contributed by atoms with Crippen molar-refractivity contribution >= 4 is 27.3 Å². The molecule has 1 saturated heterocycles. The van der Waals surface area contributed by atoms with Gasteiger partial charge in [-0.25, -0.2) is 8.42 Å². The number of sulfone groups is 1. The Balaban J connectivity index is 1.90. The summed E-state index contributed by atoms with van der Waals surface area (Å²) < 4.78 is 25.3. The van der Waals surface area contributed by atoms with E-state index in [0.717, 1.165) is 32.2 Å². The van der Waals surface area contributed by atoms with Crippen LogP contribution in [0.3, 0.4) is 0 Å². The van der Waals surface area contributed by atoms with Crippen molar-refractivity contribution in [3.63, 3.8) is 0 Å². The van der Waals surface area contributed by atoms with E-state index in [4.69, 9.17) is 11.6 Å². The van der Waals surface area contributed by atoms with Gasteiger partial charge in [-0.1, -0.05) is 24.4 Å². The molecule has 138 valence electrons. The van der Waals surface area contributed by atoms with E-state index in [1.807, 2.05) is 6.92 Å². The summed E-state index contributed by atoms with van der Waals surface area (Å²) in [6.45, 7) is 2.96. The smallest absolute Gasteiger partial charge is 0.242 e. The van der Waals surface area contributed by atoms with Crippen molar-refractivity contribution in [3.8, 4) is 0 Å². The zero-order chi connectivity index (χ0) is 18.1. The number of amides is 1. The number of hydrogen-bond donors (Lipinski definition) is 2. The molecule has 1 aliphatic carbocycles. The third-order valence-electron chi connectivity index (χ3n) is 5.54. The van der Waals surface area contributed by atoms with E-state index in [-0.39, 0.29) is 22.9 Å². The van der Waals surface area contributed by atoms with Gasteiger partial charge in [-0.05, 0) is 63.4 Å². The average Bonchev–Trinajstić information content (AvgIpc) is 3.09. The highest BCUT2D eigenvalue weighted by Crippen LogP contribution is 2.41. The Morgan fingerprint density at radius 2 is 1.84 bits per heavy atom. The normalized spacial score (nSPS) is 26.3. The number of carbonyl (C=O) groups is 1. The number of piperidine rings is 1. The lowest BCUT2D eigenvalue weighted by atomic mass is 9.98. The molecule has 0 bridgehead atoms. The minimum absolute atomic E-state index is 0.0286. The van der Waals surface area contributed by atoms with Crippen molar-refractivity contribution < 1.29 is 13.2 Å². The van der Waals surface area contributed by atoms with Crippen LogP contribution < -0.4 is 10.6 Å². The molecule has 0 spiro atoms. The van der Waals surface area contributed by atoms with Crippen LogP contribution in [0.25, 0.3) is 0 Å². The van der Waals surface area contributed by atoms with Crippen LogP contribution in [0.2, 0.25) is 5.02 Å². The van der Waals surface area contributed by atoms with Gasteiger partial charge in [-0.2, -0.15) is 0 Å². The average molecular weight is 385 g/mol. The summed E-state index contributed by atoms with van der Waals surface area (Å²) in [5.74, 6) is -0.347. The first kappa shape index (κ1) is 18.7. The van der Waals surface area contributed by atoms with E-state index in [0.29, 0.717) is 17.9 Å². The summed E-state index contributed by atoms with van der Waals surface area (Å²) in [6, 6.07) is 6.23. The Bertz CT molecular complexity index is 727. The summed E-state index contributed by atoms with van der Waals surface area (Å²) in [6.07, 6.45) is 4.09. The lowest BCUT2D eigenvalue weighted by Gasteiger charge is -2.35. The molecule has 2 fully saturated rings. The van der Waals surface area contributed by atoms with Crippen LogP contribution in [0.4, 0.5) is 0 Å². The van der Waals surface area contributed by atoms with Crippen molar-refractivity contribution in [1.29, 1.82) is 0 Å². The second-order valence-corrected chi connectivity index (χ2v) is 9.82. The predicted molar refractivity (Wildman–Crippen MR) is 98.5 cm³/mol. The monoisotopic (exact) mass is 384 g/mol. The Kier molecular flexibility index (Phi) is 5.42. The predicted octanol–water partition coefficient (Wildman–Crippen LogP) is 2.68. The zero-order valence-corrected chi connectivity index (χ0v) is 16.0. The van der Waals surface area contributed by atoms with Crippen LogP contribution in [-0.2, 0) is 14.6 Å². The van der Waals surface area contributed by atoms with Crippen LogP contribution in [0, 0.1) is 0 Å². The molecule has 2 N–H and O–H groups in total. The van der Waals surface area contributed by atoms with Gasteiger partial charge in [0.25, 0.3) is 0 Å². The van der Waals surface area contributed by atoms with E-state index in [9.17, 15) is 13.2 Å². The maximum absolute atomic E-state index is 13.3.